The Hall–Kier alpha value is -0.910. The van der Waals surface area contributed by atoms with Gasteiger partial charge in [0.15, 0.2) is 6.29 Å². The van der Waals surface area contributed by atoms with Gasteiger partial charge in [-0.3, -0.25) is 4.79 Å². The molecule has 0 amide bonds. The van der Waals surface area contributed by atoms with E-state index in [1.807, 2.05) is 4.90 Å². The highest BCUT2D eigenvalue weighted by Gasteiger charge is 2.17. The highest BCUT2D eigenvalue weighted by molar-refractivity contribution is 6.37. The van der Waals surface area contributed by atoms with E-state index in [1.165, 1.54) is 0 Å². The highest BCUT2D eigenvalue weighted by atomic mass is 35.5. The molecule has 86 valence electrons. The number of aldehydes is 1. The van der Waals surface area contributed by atoms with Crippen LogP contribution in [0.15, 0.2) is 0 Å². The molecule has 0 spiro atoms. The molecule has 2 rings (SSSR count). The third-order valence-electron chi connectivity index (χ3n) is 2.25. The van der Waals surface area contributed by atoms with Gasteiger partial charge in [-0.05, 0) is 0 Å². The molecule has 1 fully saturated rings. The number of carbonyl (C=O) groups is 1. The molecule has 5 nitrogen and oxygen atoms in total. The standard InChI is InChI=1S/C9H9Cl2N3O2/c10-7-6(5-15)8(11)13-9(12-7)14-1-3-16-4-2-14/h5H,1-4H2. The van der Waals surface area contributed by atoms with Crippen molar-refractivity contribution in [2.45, 2.75) is 0 Å². The second kappa shape index (κ2) is 4.95. The van der Waals surface area contributed by atoms with Crippen LogP contribution in [0.3, 0.4) is 0 Å². The summed E-state index contributed by atoms with van der Waals surface area (Å²) in [6, 6.07) is 0. The maximum absolute atomic E-state index is 10.7. The van der Waals surface area contributed by atoms with E-state index in [2.05, 4.69) is 9.97 Å². The first-order valence-electron chi connectivity index (χ1n) is 4.73. The third-order valence-corrected chi connectivity index (χ3v) is 2.83. The van der Waals surface area contributed by atoms with Crippen LogP contribution >= 0.6 is 23.2 Å². The van der Waals surface area contributed by atoms with Crippen molar-refractivity contribution in [3.8, 4) is 0 Å². The molecule has 1 aliphatic rings. The molecule has 0 aliphatic carbocycles. The van der Waals surface area contributed by atoms with E-state index in [4.69, 9.17) is 27.9 Å². The largest absolute Gasteiger partial charge is 0.378 e. The van der Waals surface area contributed by atoms with E-state index in [9.17, 15) is 4.79 Å². The van der Waals surface area contributed by atoms with Gasteiger partial charge in [0.1, 0.15) is 10.3 Å². The van der Waals surface area contributed by atoms with E-state index in [1.54, 1.807) is 0 Å². The molecule has 7 heteroatoms. The average molecular weight is 262 g/mol. The summed E-state index contributed by atoms with van der Waals surface area (Å²) >= 11 is 11.7. The minimum absolute atomic E-state index is 0.0801. The Kier molecular flexibility index (Phi) is 3.58. The molecule has 0 aromatic carbocycles. The van der Waals surface area contributed by atoms with Crippen LogP contribution in [0.2, 0.25) is 10.3 Å². The molecule has 1 aromatic heterocycles. The molecule has 0 bridgehead atoms. The monoisotopic (exact) mass is 261 g/mol. The molecule has 2 heterocycles. The van der Waals surface area contributed by atoms with Crippen LogP contribution in [0.5, 0.6) is 0 Å². The average Bonchev–Trinajstić information content (AvgIpc) is 2.30. The zero-order valence-electron chi connectivity index (χ0n) is 8.32. The fourth-order valence-electron chi connectivity index (χ4n) is 1.41. The van der Waals surface area contributed by atoms with Crippen LogP contribution in [0.25, 0.3) is 0 Å². The lowest BCUT2D eigenvalue weighted by Gasteiger charge is -2.26. The van der Waals surface area contributed by atoms with Crippen LogP contribution in [0, 0.1) is 0 Å². The maximum Gasteiger partial charge on any atom is 0.228 e. The highest BCUT2D eigenvalue weighted by Crippen LogP contribution is 2.23. The molecular weight excluding hydrogens is 253 g/mol. The van der Waals surface area contributed by atoms with E-state index in [0.29, 0.717) is 38.5 Å². The van der Waals surface area contributed by atoms with Crippen molar-refractivity contribution in [3.63, 3.8) is 0 Å². The number of rotatable bonds is 2. The summed E-state index contributed by atoms with van der Waals surface area (Å²) in [4.78, 5) is 20.6. The molecule has 1 saturated heterocycles. The molecule has 16 heavy (non-hydrogen) atoms. The van der Waals surface area contributed by atoms with Gasteiger partial charge in [0.25, 0.3) is 0 Å². The van der Waals surface area contributed by atoms with Crippen LogP contribution in [-0.2, 0) is 4.74 Å². The predicted molar refractivity (Wildman–Crippen MR) is 60.5 cm³/mol. The van der Waals surface area contributed by atoms with Crippen LogP contribution < -0.4 is 4.90 Å². The van der Waals surface area contributed by atoms with Crippen LogP contribution in [-0.4, -0.2) is 42.6 Å². The van der Waals surface area contributed by atoms with Gasteiger partial charge in [0, 0.05) is 13.1 Å². The summed E-state index contributed by atoms with van der Waals surface area (Å²) in [5.41, 5.74) is 0.125. The van der Waals surface area contributed by atoms with Gasteiger partial charge in [-0.25, -0.2) is 9.97 Å². The van der Waals surface area contributed by atoms with Gasteiger partial charge in [-0.15, -0.1) is 0 Å². The molecular formula is C9H9Cl2N3O2. The molecule has 0 unspecified atom stereocenters. The zero-order chi connectivity index (χ0) is 11.5. The van der Waals surface area contributed by atoms with E-state index < -0.39 is 0 Å². The number of halogens is 2. The lowest BCUT2D eigenvalue weighted by molar-refractivity contribution is 0.112. The lowest BCUT2D eigenvalue weighted by Crippen LogP contribution is -2.37. The molecule has 0 saturated carbocycles. The quantitative estimate of drug-likeness (QED) is 0.596. The second-order valence-electron chi connectivity index (χ2n) is 3.24. The fourth-order valence-corrected chi connectivity index (χ4v) is 1.88. The Balaban J connectivity index is 2.31. The summed E-state index contributed by atoms with van der Waals surface area (Å²) in [6.45, 7) is 2.61. The third kappa shape index (κ3) is 2.26. The fraction of sp³-hybridized carbons (Fsp3) is 0.444. The number of aromatic nitrogens is 2. The Labute approximate surface area is 102 Å². The summed E-state index contributed by atoms with van der Waals surface area (Å²) in [5, 5.41) is 0.160. The summed E-state index contributed by atoms with van der Waals surface area (Å²) < 4.78 is 5.21. The maximum atomic E-state index is 10.7. The first-order valence-corrected chi connectivity index (χ1v) is 5.49. The van der Waals surface area contributed by atoms with Gasteiger partial charge in [-0.1, -0.05) is 23.2 Å². The Morgan fingerprint density at radius 1 is 1.19 bits per heavy atom. The molecule has 1 aliphatic heterocycles. The minimum atomic E-state index is 0.0801. The zero-order valence-corrected chi connectivity index (χ0v) is 9.83. The molecule has 0 radical (unpaired) electrons. The Morgan fingerprint density at radius 2 is 1.75 bits per heavy atom. The van der Waals surface area contributed by atoms with E-state index in [-0.39, 0.29) is 15.9 Å². The number of hydrogen-bond donors (Lipinski definition) is 0. The lowest BCUT2D eigenvalue weighted by atomic mass is 10.4. The number of nitrogens with zero attached hydrogens (tertiary/aromatic N) is 3. The number of anilines is 1. The Morgan fingerprint density at radius 3 is 2.25 bits per heavy atom. The number of hydrogen-bond acceptors (Lipinski definition) is 5. The van der Waals surface area contributed by atoms with Crippen molar-refractivity contribution in [1.29, 1.82) is 0 Å². The number of carbonyl (C=O) groups excluding carboxylic acids is 1. The summed E-state index contributed by atoms with van der Waals surface area (Å²) in [7, 11) is 0. The molecule has 0 N–H and O–H groups in total. The van der Waals surface area contributed by atoms with Gasteiger partial charge >= 0.3 is 0 Å². The van der Waals surface area contributed by atoms with Crippen molar-refractivity contribution in [1.82, 2.24) is 9.97 Å². The molecule has 1 aromatic rings. The molecule has 0 atom stereocenters. The Bertz CT molecular complexity index is 385. The number of ether oxygens (including phenoxy) is 1. The van der Waals surface area contributed by atoms with Crippen molar-refractivity contribution < 1.29 is 9.53 Å². The minimum Gasteiger partial charge on any atom is -0.378 e. The number of morpholine rings is 1. The van der Waals surface area contributed by atoms with Crippen LogP contribution in [0.4, 0.5) is 5.95 Å². The van der Waals surface area contributed by atoms with Gasteiger partial charge in [0.05, 0.1) is 18.8 Å². The van der Waals surface area contributed by atoms with Crippen molar-refractivity contribution in [2.24, 2.45) is 0 Å². The summed E-state index contributed by atoms with van der Waals surface area (Å²) in [5.74, 6) is 0.434. The van der Waals surface area contributed by atoms with Crippen molar-refractivity contribution in [3.05, 3.63) is 15.9 Å². The van der Waals surface area contributed by atoms with Crippen molar-refractivity contribution in [2.75, 3.05) is 31.2 Å². The van der Waals surface area contributed by atoms with Gasteiger partial charge in [-0.2, -0.15) is 0 Å². The van der Waals surface area contributed by atoms with E-state index >= 15 is 0 Å². The van der Waals surface area contributed by atoms with E-state index in [0.717, 1.165) is 0 Å². The second-order valence-corrected chi connectivity index (χ2v) is 3.95. The topological polar surface area (TPSA) is 55.3 Å². The van der Waals surface area contributed by atoms with Gasteiger partial charge < -0.3 is 9.64 Å². The predicted octanol–water partition coefficient (Wildman–Crippen LogP) is 1.43. The van der Waals surface area contributed by atoms with Crippen molar-refractivity contribution >= 4 is 35.4 Å². The smallest absolute Gasteiger partial charge is 0.228 e. The van der Waals surface area contributed by atoms with Crippen LogP contribution in [0.1, 0.15) is 10.4 Å². The first kappa shape index (κ1) is 11.6. The first-order chi connectivity index (χ1) is 7.72. The summed E-state index contributed by atoms with van der Waals surface area (Å²) in [6.07, 6.45) is 0.549. The SMILES string of the molecule is O=Cc1c(Cl)nc(N2CCOCC2)nc1Cl. The normalized spacial score (nSPS) is 16.2. The van der Waals surface area contributed by atoms with Gasteiger partial charge in [0.2, 0.25) is 5.95 Å².